The molecule has 10 nitrogen and oxygen atoms in total. The van der Waals surface area contributed by atoms with Gasteiger partial charge in [0.2, 0.25) is 5.91 Å². The number of carbonyl (C=O) groups is 2. The molecule has 1 aliphatic carbocycles. The minimum absolute atomic E-state index is 0.00931. The van der Waals surface area contributed by atoms with Crippen molar-refractivity contribution in [2.45, 2.75) is 24.8 Å². The molecule has 16 heteroatoms. The van der Waals surface area contributed by atoms with Crippen molar-refractivity contribution in [1.82, 2.24) is 29.9 Å². The van der Waals surface area contributed by atoms with Gasteiger partial charge in [0.05, 0.1) is 52.4 Å². The van der Waals surface area contributed by atoms with Crippen LogP contribution in [0.2, 0.25) is 5.02 Å². The highest BCUT2D eigenvalue weighted by Gasteiger charge is 2.44. The third-order valence-corrected chi connectivity index (χ3v) is 6.03. The maximum Gasteiger partial charge on any atom is 0.471 e. The molecule has 3 atom stereocenters. The first-order chi connectivity index (χ1) is 17.5. The summed E-state index contributed by atoms with van der Waals surface area (Å²) < 4.78 is 68.2. The normalized spacial score (nSPS) is 18.0. The number of carbonyl (C=O) groups excluding carboxylic acids is 2. The summed E-state index contributed by atoms with van der Waals surface area (Å²) >= 11 is 6.26. The molecule has 3 N–H and O–H groups in total. The number of amides is 2. The SMILES string of the molecule is N#CC(NC(=O)C(F)(F)F)c1c(F)c(Cl)c(-c2cn3cc(NC(=O)[C@@H]4C[C@@H]4F)nc3cn2)c2cn[nH]c12. The summed E-state index contributed by atoms with van der Waals surface area (Å²) in [4.78, 5) is 31.7. The van der Waals surface area contributed by atoms with Crippen molar-refractivity contribution in [3.63, 3.8) is 0 Å². The van der Waals surface area contributed by atoms with Crippen LogP contribution in [0.25, 0.3) is 27.8 Å². The number of fused-ring (bicyclic) bond motifs is 2. The van der Waals surface area contributed by atoms with Crippen LogP contribution in [0, 0.1) is 23.1 Å². The van der Waals surface area contributed by atoms with Gasteiger partial charge in [-0.1, -0.05) is 11.6 Å². The molecule has 1 saturated carbocycles. The summed E-state index contributed by atoms with van der Waals surface area (Å²) in [5, 5.41) is 19.0. The van der Waals surface area contributed by atoms with Crippen molar-refractivity contribution in [2.24, 2.45) is 5.92 Å². The van der Waals surface area contributed by atoms with Gasteiger partial charge in [-0.2, -0.15) is 23.5 Å². The van der Waals surface area contributed by atoms with Crippen molar-refractivity contribution in [3.8, 4) is 17.3 Å². The third-order valence-electron chi connectivity index (χ3n) is 5.68. The van der Waals surface area contributed by atoms with E-state index in [9.17, 15) is 32.4 Å². The smallest absolute Gasteiger partial charge is 0.329 e. The number of nitrogens with zero attached hydrogens (tertiary/aromatic N) is 5. The van der Waals surface area contributed by atoms with Gasteiger partial charge in [0.15, 0.2) is 17.3 Å². The van der Waals surface area contributed by atoms with E-state index in [-0.39, 0.29) is 40.0 Å². The Labute approximate surface area is 207 Å². The van der Waals surface area contributed by atoms with E-state index < -0.39 is 52.5 Å². The summed E-state index contributed by atoms with van der Waals surface area (Å²) in [6.07, 6.45) is -1.06. The van der Waals surface area contributed by atoms with Crippen LogP contribution in [0.5, 0.6) is 0 Å². The maximum absolute atomic E-state index is 15.4. The Morgan fingerprint density at radius 1 is 1.30 bits per heavy atom. The zero-order valence-corrected chi connectivity index (χ0v) is 18.8. The molecule has 0 spiro atoms. The summed E-state index contributed by atoms with van der Waals surface area (Å²) in [6.45, 7) is 0. The molecular weight excluding hydrogens is 527 g/mol. The van der Waals surface area contributed by atoms with Gasteiger partial charge in [-0.05, 0) is 6.42 Å². The van der Waals surface area contributed by atoms with Crippen LogP contribution in [0.4, 0.5) is 27.8 Å². The van der Waals surface area contributed by atoms with Gasteiger partial charge in [-0.25, -0.2) is 13.8 Å². The molecule has 0 radical (unpaired) electrons. The van der Waals surface area contributed by atoms with Gasteiger partial charge >= 0.3 is 12.1 Å². The number of nitrogens with one attached hydrogen (secondary N) is 3. The number of aromatic nitrogens is 5. The first kappa shape index (κ1) is 24.4. The fourth-order valence-corrected chi connectivity index (χ4v) is 4.08. The van der Waals surface area contributed by atoms with Gasteiger partial charge in [0.25, 0.3) is 0 Å². The fourth-order valence-electron chi connectivity index (χ4n) is 3.78. The Morgan fingerprint density at radius 2 is 2.03 bits per heavy atom. The topological polar surface area (TPSA) is 141 Å². The minimum Gasteiger partial charge on any atom is -0.329 e. The molecule has 0 bridgehead atoms. The quantitative estimate of drug-likeness (QED) is 0.332. The number of rotatable bonds is 5. The Morgan fingerprint density at radius 3 is 2.68 bits per heavy atom. The second-order valence-electron chi connectivity index (χ2n) is 8.12. The van der Waals surface area contributed by atoms with Crippen LogP contribution in [-0.4, -0.2) is 48.7 Å². The van der Waals surface area contributed by atoms with E-state index in [1.807, 2.05) is 0 Å². The van der Waals surface area contributed by atoms with E-state index in [0.717, 1.165) is 0 Å². The monoisotopic (exact) mass is 538 g/mol. The Balaban J connectivity index is 1.55. The number of anilines is 1. The fraction of sp³-hybridized carbons (Fsp3) is 0.238. The molecule has 3 heterocycles. The Kier molecular flexibility index (Phi) is 5.71. The van der Waals surface area contributed by atoms with E-state index in [1.54, 1.807) is 0 Å². The number of alkyl halides is 4. The second kappa shape index (κ2) is 8.66. The summed E-state index contributed by atoms with van der Waals surface area (Å²) in [7, 11) is 0. The van der Waals surface area contributed by atoms with Gasteiger partial charge in [-0.3, -0.25) is 19.7 Å². The lowest BCUT2D eigenvalue weighted by Crippen LogP contribution is -2.39. The van der Waals surface area contributed by atoms with Crippen molar-refractivity contribution in [2.75, 3.05) is 5.32 Å². The average molecular weight is 539 g/mol. The van der Waals surface area contributed by atoms with Gasteiger partial charge < -0.3 is 15.0 Å². The zero-order chi connectivity index (χ0) is 26.6. The average Bonchev–Trinajstić information content (AvgIpc) is 3.20. The summed E-state index contributed by atoms with van der Waals surface area (Å²) in [6, 6.07) is -0.623. The number of imidazole rings is 1. The lowest BCUT2D eigenvalue weighted by atomic mass is 9.98. The minimum atomic E-state index is -5.31. The number of halogens is 6. The molecule has 37 heavy (non-hydrogen) atoms. The van der Waals surface area contributed by atoms with Gasteiger partial charge in [-0.15, -0.1) is 0 Å². The number of nitriles is 1. The first-order valence-electron chi connectivity index (χ1n) is 10.4. The number of hydrogen-bond acceptors (Lipinski definition) is 6. The van der Waals surface area contributed by atoms with Crippen molar-refractivity contribution < 1.29 is 31.5 Å². The summed E-state index contributed by atoms with van der Waals surface area (Å²) in [5.74, 6) is -4.83. The lowest BCUT2D eigenvalue weighted by molar-refractivity contribution is -0.174. The predicted molar refractivity (Wildman–Crippen MR) is 117 cm³/mol. The van der Waals surface area contributed by atoms with Crippen molar-refractivity contribution >= 4 is 45.8 Å². The number of hydrogen-bond donors (Lipinski definition) is 3. The van der Waals surface area contributed by atoms with Crippen LogP contribution < -0.4 is 10.6 Å². The van der Waals surface area contributed by atoms with Crippen LogP contribution >= 0.6 is 11.6 Å². The maximum atomic E-state index is 15.4. The van der Waals surface area contributed by atoms with E-state index >= 15 is 4.39 Å². The van der Waals surface area contributed by atoms with Gasteiger partial charge in [0, 0.05) is 17.1 Å². The van der Waals surface area contributed by atoms with E-state index in [2.05, 4.69) is 25.5 Å². The van der Waals surface area contributed by atoms with E-state index in [4.69, 9.17) is 11.6 Å². The highest BCUT2D eigenvalue weighted by atomic mass is 35.5. The van der Waals surface area contributed by atoms with E-state index in [0.29, 0.717) is 0 Å². The standard InChI is InChI=1S/C21H12ClF5N8O2/c22-16-14(11-5-35-6-12(32-13(35)4-29-11)33-19(36)7-1-9(7)23)8-3-30-34-18(8)15(17(16)24)10(2-28)31-20(37)21(25,26)27/h3-7,9-10H,1H2,(H,30,34)(H,31,37)(H,33,36)/t7-,9+,10?/m1/s1. The molecule has 1 unspecified atom stereocenters. The molecule has 5 rings (SSSR count). The molecule has 190 valence electrons. The molecule has 0 saturated heterocycles. The predicted octanol–water partition coefficient (Wildman–Crippen LogP) is 3.60. The number of benzene rings is 1. The van der Waals surface area contributed by atoms with Crippen LogP contribution in [0.1, 0.15) is 18.0 Å². The van der Waals surface area contributed by atoms with Crippen LogP contribution in [-0.2, 0) is 9.59 Å². The van der Waals surface area contributed by atoms with Crippen molar-refractivity contribution in [3.05, 3.63) is 41.2 Å². The largest absolute Gasteiger partial charge is 0.471 e. The van der Waals surface area contributed by atoms with Crippen LogP contribution in [0.15, 0.2) is 24.8 Å². The second-order valence-corrected chi connectivity index (χ2v) is 8.50. The van der Waals surface area contributed by atoms with E-state index in [1.165, 1.54) is 40.6 Å². The van der Waals surface area contributed by atoms with Gasteiger partial charge in [0.1, 0.15) is 12.2 Å². The molecule has 0 aliphatic heterocycles. The molecule has 1 aromatic carbocycles. The Hall–Kier alpha value is -4.32. The van der Waals surface area contributed by atoms with Crippen LogP contribution in [0.3, 0.4) is 0 Å². The molecular formula is C21H12ClF5N8O2. The highest BCUT2D eigenvalue weighted by molar-refractivity contribution is 6.35. The first-order valence-corrected chi connectivity index (χ1v) is 10.8. The molecule has 1 fully saturated rings. The summed E-state index contributed by atoms with van der Waals surface area (Å²) in [5.41, 5.74) is -0.464. The Bertz CT molecular complexity index is 1630. The molecule has 1 aliphatic rings. The van der Waals surface area contributed by atoms with Crippen molar-refractivity contribution in [1.29, 1.82) is 5.26 Å². The molecule has 2 amide bonds. The highest BCUT2D eigenvalue weighted by Crippen LogP contribution is 2.40. The zero-order valence-electron chi connectivity index (χ0n) is 18.1. The number of H-pyrrole nitrogens is 1. The third kappa shape index (κ3) is 4.29. The molecule has 4 aromatic rings. The molecule has 3 aromatic heterocycles. The number of aromatic amines is 1. The lowest BCUT2D eigenvalue weighted by Gasteiger charge is -2.17.